The van der Waals surface area contributed by atoms with Gasteiger partial charge in [-0.3, -0.25) is 0 Å². The molecule has 0 aromatic heterocycles. The maximum absolute atomic E-state index is 11.4. The number of primary amides is 2. The number of benzene rings is 2. The number of hydrogen-bond donors (Lipinski definition) is 4. The van der Waals surface area contributed by atoms with Crippen molar-refractivity contribution in [2.45, 2.75) is 12.1 Å². The normalized spacial score (nSPS) is 12.9. The van der Waals surface area contributed by atoms with E-state index in [2.05, 4.69) is 10.6 Å². The topological polar surface area (TPSA) is 110 Å². The zero-order chi connectivity index (χ0) is 15.9. The highest BCUT2D eigenvalue weighted by atomic mass is 16.2. The molecule has 0 fully saturated rings. The van der Waals surface area contributed by atoms with Crippen LogP contribution in [0.25, 0.3) is 0 Å². The second-order valence-electron chi connectivity index (χ2n) is 4.79. The number of hydrogen-bond acceptors (Lipinski definition) is 2. The van der Waals surface area contributed by atoms with Gasteiger partial charge in [-0.25, -0.2) is 9.59 Å². The average Bonchev–Trinajstić information content (AvgIpc) is 2.52. The number of rotatable bonds is 5. The van der Waals surface area contributed by atoms with Crippen molar-refractivity contribution in [1.82, 2.24) is 10.6 Å². The third-order valence-corrected chi connectivity index (χ3v) is 3.25. The molecule has 0 aliphatic heterocycles. The molecule has 0 aliphatic rings. The average molecular weight is 298 g/mol. The van der Waals surface area contributed by atoms with Crippen molar-refractivity contribution in [3.63, 3.8) is 0 Å². The van der Waals surface area contributed by atoms with Gasteiger partial charge in [0.15, 0.2) is 0 Å². The lowest BCUT2D eigenvalue weighted by Gasteiger charge is -2.28. The van der Waals surface area contributed by atoms with Gasteiger partial charge < -0.3 is 22.1 Å². The Kier molecular flexibility index (Phi) is 4.98. The van der Waals surface area contributed by atoms with Crippen LogP contribution >= 0.6 is 0 Å². The molecule has 114 valence electrons. The molecule has 2 rings (SSSR count). The molecule has 0 saturated carbocycles. The standard InChI is InChI=1S/C16H18N4O2/c17-15(21)19-13(11-7-3-1-4-8-11)14(20-16(18)22)12-9-5-2-6-10-12/h1-10,13-14H,(H3,17,19,21)(H3,18,20,22)/t13-,14-/m1/s1. The lowest BCUT2D eigenvalue weighted by Crippen LogP contribution is -2.44. The van der Waals surface area contributed by atoms with E-state index in [0.717, 1.165) is 11.1 Å². The van der Waals surface area contributed by atoms with Crippen LogP contribution in [0, 0.1) is 0 Å². The van der Waals surface area contributed by atoms with Gasteiger partial charge in [-0.1, -0.05) is 60.7 Å². The zero-order valence-electron chi connectivity index (χ0n) is 11.9. The van der Waals surface area contributed by atoms with Crippen LogP contribution in [0.2, 0.25) is 0 Å². The maximum Gasteiger partial charge on any atom is 0.312 e. The van der Waals surface area contributed by atoms with E-state index in [1.54, 1.807) is 0 Å². The van der Waals surface area contributed by atoms with Gasteiger partial charge >= 0.3 is 12.1 Å². The summed E-state index contributed by atoms with van der Waals surface area (Å²) in [4.78, 5) is 22.7. The fourth-order valence-corrected chi connectivity index (χ4v) is 2.35. The highest BCUT2D eigenvalue weighted by Crippen LogP contribution is 2.28. The number of amides is 4. The van der Waals surface area contributed by atoms with Crippen molar-refractivity contribution in [2.24, 2.45) is 11.5 Å². The number of carbonyl (C=O) groups excluding carboxylic acids is 2. The summed E-state index contributed by atoms with van der Waals surface area (Å²) in [7, 11) is 0. The van der Waals surface area contributed by atoms with Crippen LogP contribution in [0.1, 0.15) is 23.2 Å². The van der Waals surface area contributed by atoms with Crippen molar-refractivity contribution in [3.05, 3.63) is 71.8 Å². The molecule has 6 heteroatoms. The van der Waals surface area contributed by atoms with Gasteiger partial charge in [-0.05, 0) is 11.1 Å². The molecule has 6 N–H and O–H groups in total. The SMILES string of the molecule is NC(=O)N[C@H](c1ccccc1)[C@H](NC(N)=O)c1ccccc1. The third kappa shape index (κ3) is 3.99. The van der Waals surface area contributed by atoms with Gasteiger partial charge in [-0.2, -0.15) is 0 Å². The summed E-state index contributed by atoms with van der Waals surface area (Å²) in [6.07, 6.45) is 0. The summed E-state index contributed by atoms with van der Waals surface area (Å²) in [6, 6.07) is 16.1. The molecule has 6 nitrogen and oxygen atoms in total. The van der Waals surface area contributed by atoms with Gasteiger partial charge in [0, 0.05) is 0 Å². The van der Waals surface area contributed by atoms with Crippen molar-refractivity contribution < 1.29 is 9.59 Å². The highest BCUT2D eigenvalue weighted by Gasteiger charge is 2.26. The van der Waals surface area contributed by atoms with Crippen molar-refractivity contribution in [2.75, 3.05) is 0 Å². The van der Waals surface area contributed by atoms with Gasteiger partial charge in [0.1, 0.15) is 0 Å². The van der Waals surface area contributed by atoms with Crippen LogP contribution < -0.4 is 22.1 Å². The Labute approximate surface area is 128 Å². The van der Waals surface area contributed by atoms with Crippen molar-refractivity contribution in [1.29, 1.82) is 0 Å². The van der Waals surface area contributed by atoms with Crippen molar-refractivity contribution in [3.8, 4) is 0 Å². The summed E-state index contributed by atoms with van der Waals surface area (Å²) in [5.41, 5.74) is 12.2. The molecule has 0 bridgehead atoms. The molecule has 4 amide bonds. The lowest BCUT2D eigenvalue weighted by atomic mass is 9.93. The van der Waals surface area contributed by atoms with E-state index in [9.17, 15) is 9.59 Å². The molecule has 0 spiro atoms. The Morgan fingerprint density at radius 2 is 1.00 bits per heavy atom. The van der Waals surface area contributed by atoms with Crippen molar-refractivity contribution >= 4 is 12.1 Å². The maximum atomic E-state index is 11.4. The predicted molar refractivity (Wildman–Crippen MR) is 83.8 cm³/mol. The number of nitrogens with one attached hydrogen (secondary N) is 2. The predicted octanol–water partition coefficient (Wildman–Crippen LogP) is 1.81. The fraction of sp³-hybridized carbons (Fsp3) is 0.125. The summed E-state index contributed by atoms with van der Waals surface area (Å²) < 4.78 is 0. The first-order valence-electron chi connectivity index (χ1n) is 6.79. The van der Waals surface area contributed by atoms with Gasteiger partial charge in [-0.15, -0.1) is 0 Å². The minimum Gasteiger partial charge on any atom is -0.352 e. The summed E-state index contributed by atoms with van der Waals surface area (Å²) in [6.45, 7) is 0. The molecule has 0 saturated heterocycles. The van der Waals surface area contributed by atoms with Crippen LogP contribution in [0.3, 0.4) is 0 Å². The Bertz CT molecular complexity index is 574. The third-order valence-electron chi connectivity index (χ3n) is 3.25. The molecule has 2 aromatic carbocycles. The Morgan fingerprint density at radius 1 is 0.682 bits per heavy atom. The Morgan fingerprint density at radius 3 is 1.27 bits per heavy atom. The summed E-state index contributed by atoms with van der Waals surface area (Å²) in [5.74, 6) is 0. The number of carbonyl (C=O) groups is 2. The van der Waals surface area contributed by atoms with Crippen LogP contribution in [-0.2, 0) is 0 Å². The smallest absolute Gasteiger partial charge is 0.312 e. The first-order valence-corrected chi connectivity index (χ1v) is 6.79. The van der Waals surface area contributed by atoms with E-state index in [1.807, 2.05) is 60.7 Å². The van der Waals surface area contributed by atoms with Crippen LogP contribution in [0.15, 0.2) is 60.7 Å². The largest absolute Gasteiger partial charge is 0.352 e. The quantitative estimate of drug-likeness (QED) is 0.675. The molecular weight excluding hydrogens is 280 g/mol. The van der Waals surface area contributed by atoms with E-state index < -0.39 is 24.1 Å². The zero-order valence-corrected chi connectivity index (χ0v) is 11.9. The molecule has 2 aromatic rings. The van der Waals surface area contributed by atoms with E-state index in [1.165, 1.54) is 0 Å². The van der Waals surface area contributed by atoms with Crippen LogP contribution in [0.5, 0.6) is 0 Å². The highest BCUT2D eigenvalue weighted by molar-refractivity contribution is 5.74. The van der Waals surface area contributed by atoms with Gasteiger partial charge in [0.2, 0.25) is 0 Å². The van der Waals surface area contributed by atoms with E-state index in [-0.39, 0.29) is 0 Å². The molecule has 22 heavy (non-hydrogen) atoms. The lowest BCUT2D eigenvalue weighted by molar-refractivity contribution is 0.233. The van der Waals surface area contributed by atoms with E-state index in [0.29, 0.717) is 0 Å². The second kappa shape index (κ2) is 7.12. The van der Waals surface area contributed by atoms with Crippen LogP contribution in [-0.4, -0.2) is 12.1 Å². The fourth-order valence-electron chi connectivity index (χ4n) is 2.35. The minimum atomic E-state index is -0.680. The number of urea groups is 2. The molecule has 2 atom stereocenters. The summed E-state index contributed by atoms with van der Waals surface area (Å²) >= 11 is 0. The second-order valence-corrected chi connectivity index (χ2v) is 4.79. The Hall–Kier alpha value is -3.02. The molecule has 0 aliphatic carbocycles. The van der Waals surface area contributed by atoms with Gasteiger partial charge in [0.25, 0.3) is 0 Å². The molecule has 0 heterocycles. The minimum absolute atomic E-state index is 0.534. The van der Waals surface area contributed by atoms with Gasteiger partial charge in [0.05, 0.1) is 12.1 Å². The van der Waals surface area contributed by atoms with E-state index >= 15 is 0 Å². The molecular formula is C16H18N4O2. The summed E-state index contributed by atoms with van der Waals surface area (Å²) in [5, 5.41) is 5.34. The number of nitrogens with two attached hydrogens (primary N) is 2. The first kappa shape index (κ1) is 15.4. The van der Waals surface area contributed by atoms with Crippen LogP contribution in [0.4, 0.5) is 9.59 Å². The van der Waals surface area contributed by atoms with E-state index in [4.69, 9.17) is 11.5 Å². The molecule has 0 unspecified atom stereocenters. The Balaban J connectivity index is 2.43. The molecule has 0 radical (unpaired) electrons. The monoisotopic (exact) mass is 298 g/mol. The first-order chi connectivity index (χ1) is 10.6.